The molecule has 1 aliphatic rings. The standard InChI is InChI=1S/C18H27N3/c1-3-11-19-13-15-8-6-7-14(15)12-18-20-16-9-4-5-10-17(16)21(18)2/h4-5,9-10,14-15,19H,3,6-8,11-13H2,1-2H3. The van der Waals surface area contributed by atoms with E-state index in [0.29, 0.717) is 0 Å². The Bertz CT molecular complexity index is 587. The van der Waals surface area contributed by atoms with Crippen LogP contribution in [0.15, 0.2) is 24.3 Å². The molecule has 0 saturated heterocycles. The lowest BCUT2D eigenvalue weighted by molar-refractivity contribution is 0.358. The molecule has 3 rings (SSSR count). The van der Waals surface area contributed by atoms with Gasteiger partial charge in [-0.3, -0.25) is 0 Å². The minimum absolute atomic E-state index is 0.796. The van der Waals surface area contributed by atoms with Gasteiger partial charge in [-0.05, 0) is 56.3 Å². The molecule has 0 radical (unpaired) electrons. The Balaban J connectivity index is 1.70. The lowest BCUT2D eigenvalue weighted by Gasteiger charge is -2.19. The van der Waals surface area contributed by atoms with Gasteiger partial charge in [0.1, 0.15) is 5.82 Å². The van der Waals surface area contributed by atoms with E-state index in [1.807, 2.05) is 0 Å². The summed E-state index contributed by atoms with van der Waals surface area (Å²) in [5, 5.41) is 3.61. The number of para-hydroxylation sites is 2. The number of rotatable bonds is 6. The Morgan fingerprint density at radius 1 is 1.24 bits per heavy atom. The fourth-order valence-electron chi connectivity index (χ4n) is 3.73. The van der Waals surface area contributed by atoms with E-state index in [4.69, 9.17) is 4.98 Å². The SMILES string of the molecule is CCCNCC1CCCC1Cc1nc2ccccc2n1C. The first-order valence-electron chi connectivity index (χ1n) is 8.40. The second-order valence-electron chi connectivity index (χ2n) is 6.44. The highest BCUT2D eigenvalue weighted by Crippen LogP contribution is 2.34. The van der Waals surface area contributed by atoms with Gasteiger partial charge in [0.05, 0.1) is 11.0 Å². The largest absolute Gasteiger partial charge is 0.331 e. The molecule has 114 valence electrons. The lowest BCUT2D eigenvalue weighted by Crippen LogP contribution is -2.27. The summed E-state index contributed by atoms with van der Waals surface area (Å²) in [6.45, 7) is 4.57. The van der Waals surface area contributed by atoms with Crippen molar-refractivity contribution in [2.75, 3.05) is 13.1 Å². The van der Waals surface area contributed by atoms with E-state index in [1.165, 1.54) is 43.6 Å². The van der Waals surface area contributed by atoms with E-state index in [-0.39, 0.29) is 0 Å². The summed E-state index contributed by atoms with van der Waals surface area (Å²) in [5.74, 6) is 2.88. The van der Waals surface area contributed by atoms with Gasteiger partial charge in [-0.25, -0.2) is 4.98 Å². The van der Waals surface area contributed by atoms with Gasteiger partial charge in [-0.15, -0.1) is 0 Å². The molecule has 1 fully saturated rings. The van der Waals surface area contributed by atoms with Gasteiger partial charge in [0.2, 0.25) is 0 Å². The van der Waals surface area contributed by atoms with Crippen LogP contribution in [0, 0.1) is 11.8 Å². The van der Waals surface area contributed by atoms with Gasteiger partial charge >= 0.3 is 0 Å². The topological polar surface area (TPSA) is 29.9 Å². The van der Waals surface area contributed by atoms with Crippen LogP contribution in [-0.4, -0.2) is 22.6 Å². The minimum atomic E-state index is 0.796. The number of fused-ring (bicyclic) bond motifs is 1. The number of benzene rings is 1. The van der Waals surface area contributed by atoms with E-state index >= 15 is 0 Å². The van der Waals surface area contributed by atoms with E-state index in [2.05, 4.69) is 48.1 Å². The predicted molar refractivity (Wildman–Crippen MR) is 88.4 cm³/mol. The monoisotopic (exact) mass is 285 g/mol. The molecule has 0 bridgehead atoms. The van der Waals surface area contributed by atoms with E-state index in [0.717, 1.165) is 30.3 Å². The fourth-order valence-corrected chi connectivity index (χ4v) is 3.73. The van der Waals surface area contributed by atoms with Crippen LogP contribution in [0.2, 0.25) is 0 Å². The average Bonchev–Trinajstić information content (AvgIpc) is 3.06. The first-order chi connectivity index (χ1) is 10.3. The molecule has 0 amide bonds. The quantitative estimate of drug-likeness (QED) is 0.823. The van der Waals surface area contributed by atoms with Crippen molar-refractivity contribution in [1.29, 1.82) is 0 Å². The van der Waals surface area contributed by atoms with Gasteiger partial charge < -0.3 is 9.88 Å². The molecule has 1 aromatic carbocycles. The van der Waals surface area contributed by atoms with Crippen LogP contribution >= 0.6 is 0 Å². The number of aromatic nitrogens is 2. The van der Waals surface area contributed by atoms with Crippen LogP contribution < -0.4 is 5.32 Å². The summed E-state index contributed by atoms with van der Waals surface area (Å²) >= 11 is 0. The van der Waals surface area contributed by atoms with Crippen molar-refractivity contribution in [3.05, 3.63) is 30.1 Å². The predicted octanol–water partition coefficient (Wildman–Crippen LogP) is 3.53. The molecule has 2 aromatic rings. The van der Waals surface area contributed by atoms with Crippen LogP contribution in [-0.2, 0) is 13.5 Å². The summed E-state index contributed by atoms with van der Waals surface area (Å²) < 4.78 is 2.28. The summed E-state index contributed by atoms with van der Waals surface area (Å²) in [7, 11) is 2.16. The van der Waals surface area contributed by atoms with E-state index < -0.39 is 0 Å². The third-order valence-electron chi connectivity index (χ3n) is 4.97. The second kappa shape index (κ2) is 6.61. The van der Waals surface area contributed by atoms with Crippen molar-refractivity contribution in [2.24, 2.45) is 18.9 Å². The maximum absolute atomic E-state index is 4.85. The zero-order chi connectivity index (χ0) is 14.7. The van der Waals surface area contributed by atoms with Gasteiger partial charge in [-0.1, -0.05) is 25.5 Å². The Kier molecular flexibility index (Phi) is 4.59. The number of hydrogen-bond donors (Lipinski definition) is 1. The first-order valence-corrected chi connectivity index (χ1v) is 8.40. The summed E-state index contributed by atoms with van der Waals surface area (Å²) in [6, 6.07) is 8.46. The van der Waals surface area contributed by atoms with Crippen LogP contribution in [0.1, 0.15) is 38.4 Å². The highest BCUT2D eigenvalue weighted by molar-refractivity contribution is 5.75. The highest BCUT2D eigenvalue weighted by atomic mass is 15.1. The third kappa shape index (κ3) is 3.13. The highest BCUT2D eigenvalue weighted by Gasteiger charge is 2.28. The number of hydrogen-bond acceptors (Lipinski definition) is 2. The Labute approximate surface area is 127 Å². The number of aryl methyl sites for hydroxylation is 1. The zero-order valence-corrected chi connectivity index (χ0v) is 13.3. The summed E-state index contributed by atoms with van der Waals surface area (Å²) in [4.78, 5) is 4.85. The average molecular weight is 285 g/mol. The van der Waals surface area contributed by atoms with Gasteiger partial charge in [0.25, 0.3) is 0 Å². The molecule has 2 atom stereocenters. The lowest BCUT2D eigenvalue weighted by atomic mass is 9.92. The van der Waals surface area contributed by atoms with Crippen molar-refractivity contribution in [2.45, 2.75) is 39.0 Å². The van der Waals surface area contributed by atoms with Crippen LogP contribution in [0.4, 0.5) is 0 Å². The Morgan fingerprint density at radius 3 is 2.86 bits per heavy atom. The van der Waals surface area contributed by atoms with Crippen molar-refractivity contribution >= 4 is 11.0 Å². The summed E-state index contributed by atoms with van der Waals surface area (Å²) in [5.41, 5.74) is 2.39. The fraction of sp³-hybridized carbons (Fsp3) is 0.611. The second-order valence-corrected chi connectivity index (χ2v) is 6.44. The molecule has 2 unspecified atom stereocenters. The molecule has 1 aromatic heterocycles. The number of nitrogens with one attached hydrogen (secondary N) is 1. The molecule has 21 heavy (non-hydrogen) atoms. The van der Waals surface area contributed by atoms with Gasteiger partial charge in [-0.2, -0.15) is 0 Å². The van der Waals surface area contributed by atoms with Crippen LogP contribution in [0.5, 0.6) is 0 Å². The van der Waals surface area contributed by atoms with E-state index in [1.54, 1.807) is 0 Å². The smallest absolute Gasteiger partial charge is 0.109 e. The molecular weight excluding hydrogens is 258 g/mol. The molecular formula is C18H27N3. The molecule has 1 aliphatic carbocycles. The Hall–Kier alpha value is -1.35. The minimum Gasteiger partial charge on any atom is -0.331 e. The molecule has 1 N–H and O–H groups in total. The maximum atomic E-state index is 4.85. The summed E-state index contributed by atoms with van der Waals surface area (Å²) in [6.07, 6.45) is 6.48. The molecule has 1 heterocycles. The van der Waals surface area contributed by atoms with E-state index in [9.17, 15) is 0 Å². The van der Waals surface area contributed by atoms with Crippen molar-refractivity contribution in [1.82, 2.24) is 14.9 Å². The normalized spacial score (nSPS) is 22.2. The molecule has 3 heteroatoms. The van der Waals surface area contributed by atoms with Crippen LogP contribution in [0.3, 0.4) is 0 Å². The van der Waals surface area contributed by atoms with Crippen LogP contribution in [0.25, 0.3) is 11.0 Å². The molecule has 0 spiro atoms. The van der Waals surface area contributed by atoms with Crippen molar-refractivity contribution < 1.29 is 0 Å². The first kappa shape index (κ1) is 14.6. The number of imidazole rings is 1. The molecule has 0 aliphatic heterocycles. The maximum Gasteiger partial charge on any atom is 0.109 e. The Morgan fingerprint density at radius 2 is 2.05 bits per heavy atom. The molecule has 1 saturated carbocycles. The van der Waals surface area contributed by atoms with Gasteiger partial charge in [0, 0.05) is 13.5 Å². The van der Waals surface area contributed by atoms with Gasteiger partial charge in [0.15, 0.2) is 0 Å². The van der Waals surface area contributed by atoms with Crippen molar-refractivity contribution in [3.8, 4) is 0 Å². The third-order valence-corrected chi connectivity index (χ3v) is 4.97. The van der Waals surface area contributed by atoms with Crippen molar-refractivity contribution in [3.63, 3.8) is 0 Å². The number of nitrogens with zero attached hydrogens (tertiary/aromatic N) is 2. The molecule has 3 nitrogen and oxygen atoms in total. The zero-order valence-electron chi connectivity index (χ0n) is 13.3.